The Balaban J connectivity index is 1.53. The van der Waals surface area contributed by atoms with E-state index < -0.39 is 0 Å². The van der Waals surface area contributed by atoms with E-state index in [9.17, 15) is 4.79 Å². The molecular formula is C25H26N2O2. The number of carbonyl (C=O) groups excluding carboxylic acids is 1. The first kappa shape index (κ1) is 19.1. The van der Waals surface area contributed by atoms with Crippen LogP contribution in [0.15, 0.2) is 78.9 Å². The molecule has 0 aromatic heterocycles. The molecule has 1 atom stereocenters. The number of nitrogens with zero attached hydrogens (tertiary/aromatic N) is 1. The highest BCUT2D eigenvalue weighted by Gasteiger charge is 2.32. The molecule has 1 unspecified atom stereocenters. The van der Waals surface area contributed by atoms with E-state index in [1.807, 2.05) is 71.6 Å². The molecule has 1 N–H and O–H groups in total. The molecule has 1 heterocycles. The number of unbranched alkanes of at least 4 members (excludes halogenated alkanes) is 1. The molecule has 4 heteroatoms. The monoisotopic (exact) mass is 386 g/mol. The van der Waals surface area contributed by atoms with Crippen LogP contribution in [0.1, 0.15) is 47.4 Å². The average molecular weight is 386 g/mol. The minimum absolute atomic E-state index is 0.0854. The molecule has 1 amide bonds. The van der Waals surface area contributed by atoms with Gasteiger partial charge in [-0.25, -0.2) is 0 Å². The van der Waals surface area contributed by atoms with Gasteiger partial charge in [0.2, 0.25) is 0 Å². The van der Waals surface area contributed by atoms with Crippen LogP contribution >= 0.6 is 0 Å². The van der Waals surface area contributed by atoms with E-state index in [1.165, 1.54) is 0 Å². The van der Waals surface area contributed by atoms with Crippen LogP contribution in [0.3, 0.4) is 0 Å². The number of rotatable bonds is 7. The fraction of sp³-hybridized carbons (Fsp3) is 0.240. The first-order valence-electron chi connectivity index (χ1n) is 10.2. The Bertz CT molecular complexity index is 954. The van der Waals surface area contributed by atoms with Crippen molar-refractivity contribution in [2.75, 3.05) is 11.9 Å². The number of ether oxygens (including phenoxy) is 1. The van der Waals surface area contributed by atoms with Gasteiger partial charge >= 0.3 is 0 Å². The van der Waals surface area contributed by atoms with Gasteiger partial charge in [-0.15, -0.1) is 0 Å². The zero-order chi connectivity index (χ0) is 20.1. The molecule has 0 spiro atoms. The number of hydrogen-bond donors (Lipinski definition) is 1. The summed E-state index contributed by atoms with van der Waals surface area (Å²) in [6, 6.07) is 25.9. The lowest BCUT2D eigenvalue weighted by molar-refractivity contribution is 0.0680. The summed E-state index contributed by atoms with van der Waals surface area (Å²) in [7, 11) is 0. The number of benzene rings is 3. The number of nitrogens with one attached hydrogen (secondary N) is 1. The van der Waals surface area contributed by atoms with E-state index >= 15 is 0 Å². The van der Waals surface area contributed by atoms with Crippen LogP contribution in [0.2, 0.25) is 0 Å². The molecular weight excluding hydrogens is 360 g/mol. The second-order valence-corrected chi connectivity index (χ2v) is 7.29. The number of hydrogen-bond acceptors (Lipinski definition) is 3. The molecule has 3 aromatic rings. The molecule has 3 aromatic carbocycles. The summed E-state index contributed by atoms with van der Waals surface area (Å²) in [5, 5.41) is 3.54. The summed E-state index contributed by atoms with van der Waals surface area (Å²) in [4.78, 5) is 15.0. The van der Waals surface area contributed by atoms with Crippen molar-refractivity contribution in [1.82, 2.24) is 4.90 Å². The maximum Gasteiger partial charge on any atom is 0.257 e. The molecule has 1 aliphatic rings. The lowest BCUT2D eigenvalue weighted by Crippen LogP contribution is -2.43. The predicted molar refractivity (Wildman–Crippen MR) is 116 cm³/mol. The van der Waals surface area contributed by atoms with Crippen molar-refractivity contribution in [3.63, 3.8) is 0 Å². The van der Waals surface area contributed by atoms with Gasteiger partial charge in [-0.3, -0.25) is 4.79 Å². The average Bonchev–Trinajstić information content (AvgIpc) is 2.78. The van der Waals surface area contributed by atoms with Crippen LogP contribution in [0.25, 0.3) is 0 Å². The molecule has 148 valence electrons. The van der Waals surface area contributed by atoms with Crippen molar-refractivity contribution >= 4 is 11.6 Å². The van der Waals surface area contributed by atoms with Gasteiger partial charge in [-0.2, -0.15) is 0 Å². The van der Waals surface area contributed by atoms with Gasteiger partial charge in [0.05, 0.1) is 5.56 Å². The summed E-state index contributed by atoms with van der Waals surface area (Å²) in [5.41, 5.74) is 3.82. The fourth-order valence-electron chi connectivity index (χ4n) is 3.60. The van der Waals surface area contributed by atoms with Crippen LogP contribution < -0.4 is 10.1 Å². The standard InChI is InChI=1S/C25H26N2O2/c1-2-3-17-27-24(26-23-12-8-7-11-22(23)25(27)28)20-13-15-21(16-14-20)29-18-19-9-5-4-6-10-19/h4-16,24,26H,2-3,17-18H2,1H3. The van der Waals surface area contributed by atoms with Crippen molar-refractivity contribution in [3.8, 4) is 5.75 Å². The Morgan fingerprint density at radius 1 is 0.931 bits per heavy atom. The second-order valence-electron chi connectivity index (χ2n) is 7.29. The number of anilines is 1. The molecule has 4 rings (SSSR count). The molecule has 0 radical (unpaired) electrons. The Morgan fingerprint density at radius 2 is 1.66 bits per heavy atom. The molecule has 0 saturated carbocycles. The van der Waals surface area contributed by atoms with Crippen LogP contribution in [-0.4, -0.2) is 17.4 Å². The number of fused-ring (bicyclic) bond motifs is 1. The third kappa shape index (κ3) is 4.27. The Morgan fingerprint density at radius 3 is 2.41 bits per heavy atom. The molecule has 4 nitrogen and oxygen atoms in total. The van der Waals surface area contributed by atoms with Gasteiger partial charge in [-0.1, -0.05) is 67.9 Å². The summed E-state index contributed by atoms with van der Waals surface area (Å²) in [6.45, 7) is 3.41. The van der Waals surface area contributed by atoms with Crippen LogP contribution in [0.4, 0.5) is 5.69 Å². The van der Waals surface area contributed by atoms with Gasteiger partial charge in [0.1, 0.15) is 18.5 Å². The first-order valence-corrected chi connectivity index (χ1v) is 10.2. The van der Waals surface area contributed by atoms with Gasteiger partial charge in [-0.05, 0) is 41.8 Å². The minimum Gasteiger partial charge on any atom is -0.489 e. The number of carbonyl (C=O) groups is 1. The normalized spacial score (nSPS) is 15.6. The summed E-state index contributed by atoms with van der Waals surface area (Å²) in [5.74, 6) is 0.905. The fourth-order valence-corrected chi connectivity index (χ4v) is 3.60. The molecule has 29 heavy (non-hydrogen) atoms. The van der Waals surface area contributed by atoms with Gasteiger partial charge in [0.25, 0.3) is 5.91 Å². The van der Waals surface area contributed by atoms with E-state index in [0.717, 1.165) is 47.5 Å². The molecule has 0 aliphatic carbocycles. The van der Waals surface area contributed by atoms with Crippen molar-refractivity contribution in [2.24, 2.45) is 0 Å². The third-order valence-corrected chi connectivity index (χ3v) is 5.22. The van der Waals surface area contributed by atoms with E-state index in [-0.39, 0.29) is 12.1 Å². The Kier molecular flexibility index (Phi) is 5.80. The zero-order valence-electron chi connectivity index (χ0n) is 16.7. The van der Waals surface area contributed by atoms with Gasteiger partial charge in [0, 0.05) is 12.2 Å². The maximum absolute atomic E-state index is 13.1. The Labute approximate surface area is 172 Å². The number of amides is 1. The summed E-state index contributed by atoms with van der Waals surface area (Å²) in [6.07, 6.45) is 1.85. The molecule has 1 aliphatic heterocycles. The largest absolute Gasteiger partial charge is 0.489 e. The Hall–Kier alpha value is -3.27. The van der Waals surface area contributed by atoms with E-state index in [4.69, 9.17) is 4.74 Å². The first-order chi connectivity index (χ1) is 14.3. The maximum atomic E-state index is 13.1. The predicted octanol–water partition coefficient (Wildman–Crippen LogP) is 5.63. The SMILES string of the molecule is CCCCN1C(=O)c2ccccc2NC1c1ccc(OCc2ccccc2)cc1. The van der Waals surface area contributed by atoms with Crippen molar-refractivity contribution < 1.29 is 9.53 Å². The smallest absolute Gasteiger partial charge is 0.257 e. The summed E-state index contributed by atoms with van der Waals surface area (Å²) < 4.78 is 5.90. The highest BCUT2D eigenvalue weighted by molar-refractivity contribution is 6.01. The molecule has 0 saturated heterocycles. The van der Waals surface area contributed by atoms with E-state index in [0.29, 0.717) is 6.61 Å². The number of para-hydroxylation sites is 1. The highest BCUT2D eigenvalue weighted by atomic mass is 16.5. The van der Waals surface area contributed by atoms with Crippen molar-refractivity contribution in [2.45, 2.75) is 32.5 Å². The lowest BCUT2D eigenvalue weighted by Gasteiger charge is -2.38. The van der Waals surface area contributed by atoms with Crippen LogP contribution in [-0.2, 0) is 6.61 Å². The van der Waals surface area contributed by atoms with E-state index in [1.54, 1.807) is 0 Å². The van der Waals surface area contributed by atoms with E-state index in [2.05, 4.69) is 24.4 Å². The quantitative estimate of drug-likeness (QED) is 0.572. The van der Waals surface area contributed by atoms with Crippen LogP contribution in [0.5, 0.6) is 5.75 Å². The lowest BCUT2D eigenvalue weighted by atomic mass is 10.0. The second kappa shape index (κ2) is 8.82. The molecule has 0 fully saturated rings. The van der Waals surface area contributed by atoms with Gasteiger partial charge in [0.15, 0.2) is 0 Å². The highest BCUT2D eigenvalue weighted by Crippen LogP contribution is 2.33. The zero-order valence-corrected chi connectivity index (χ0v) is 16.7. The topological polar surface area (TPSA) is 41.6 Å². The van der Waals surface area contributed by atoms with Crippen molar-refractivity contribution in [1.29, 1.82) is 0 Å². The van der Waals surface area contributed by atoms with Crippen LogP contribution in [0, 0.1) is 0 Å². The third-order valence-electron chi connectivity index (χ3n) is 5.22. The molecule has 0 bridgehead atoms. The minimum atomic E-state index is -0.174. The summed E-state index contributed by atoms with van der Waals surface area (Å²) >= 11 is 0. The van der Waals surface area contributed by atoms with Crippen molar-refractivity contribution in [3.05, 3.63) is 95.6 Å². The van der Waals surface area contributed by atoms with Gasteiger partial charge < -0.3 is 15.0 Å².